The molecule has 0 fully saturated rings. The van der Waals surface area contributed by atoms with Gasteiger partial charge in [-0.3, -0.25) is 4.79 Å². The molecule has 18 heavy (non-hydrogen) atoms. The Bertz CT molecular complexity index is 627. The minimum atomic E-state index is -0.445. The van der Waals surface area contributed by atoms with Crippen molar-refractivity contribution in [3.63, 3.8) is 0 Å². The van der Waals surface area contributed by atoms with Crippen molar-refractivity contribution >= 4 is 29.1 Å². The lowest BCUT2D eigenvalue weighted by atomic mass is 9.99. The summed E-state index contributed by atoms with van der Waals surface area (Å²) in [5.41, 5.74) is 1.28. The molecule has 2 aromatic carbocycles. The normalized spacial score (nSPS) is 10.7. The molecule has 0 saturated carbocycles. The van der Waals surface area contributed by atoms with Gasteiger partial charge in [0.15, 0.2) is 6.29 Å². The highest BCUT2D eigenvalue weighted by Crippen LogP contribution is 2.22. The van der Waals surface area contributed by atoms with Gasteiger partial charge in [-0.15, -0.1) is 0 Å². The molecule has 0 saturated heterocycles. The van der Waals surface area contributed by atoms with Crippen molar-refractivity contribution < 1.29 is 14.3 Å². The third-order valence-electron chi connectivity index (χ3n) is 2.72. The van der Waals surface area contributed by atoms with Crippen LogP contribution in [-0.4, -0.2) is 19.4 Å². The van der Waals surface area contributed by atoms with Crippen molar-refractivity contribution in [2.24, 2.45) is 0 Å². The van der Waals surface area contributed by atoms with Gasteiger partial charge >= 0.3 is 5.97 Å². The minimum absolute atomic E-state index is 0.445. The van der Waals surface area contributed by atoms with Gasteiger partial charge in [0, 0.05) is 11.6 Å². The molecule has 0 unspecified atom stereocenters. The maximum Gasteiger partial charge on any atom is 0.330 e. The highest BCUT2D eigenvalue weighted by molar-refractivity contribution is 6.00. The largest absolute Gasteiger partial charge is 0.466 e. The van der Waals surface area contributed by atoms with Crippen molar-refractivity contribution in [1.82, 2.24) is 0 Å². The summed E-state index contributed by atoms with van der Waals surface area (Å²) < 4.78 is 4.54. The zero-order chi connectivity index (χ0) is 13.0. The van der Waals surface area contributed by atoms with E-state index in [2.05, 4.69) is 4.74 Å². The monoisotopic (exact) mass is 240 g/mol. The maximum atomic E-state index is 11.1. The molecule has 0 radical (unpaired) electrons. The lowest BCUT2D eigenvalue weighted by molar-refractivity contribution is -0.134. The SMILES string of the molecule is COC(=O)C=Cc1c(C=O)ccc2ccccc12. The lowest BCUT2D eigenvalue weighted by Crippen LogP contribution is -1.94. The first kappa shape index (κ1) is 12.0. The van der Waals surface area contributed by atoms with Crippen LogP contribution >= 0.6 is 0 Å². The van der Waals surface area contributed by atoms with Crippen LogP contribution in [0.2, 0.25) is 0 Å². The fraction of sp³-hybridized carbons (Fsp3) is 0.0667. The number of carbonyl (C=O) groups excluding carboxylic acids is 2. The Morgan fingerprint density at radius 1 is 1.17 bits per heavy atom. The van der Waals surface area contributed by atoms with Gasteiger partial charge in [0.1, 0.15) is 0 Å². The Morgan fingerprint density at radius 3 is 2.67 bits per heavy atom. The van der Waals surface area contributed by atoms with Gasteiger partial charge in [-0.25, -0.2) is 4.79 Å². The molecule has 90 valence electrons. The molecular weight excluding hydrogens is 228 g/mol. The summed E-state index contributed by atoms with van der Waals surface area (Å²) in [6.07, 6.45) is 3.70. The Labute approximate surface area is 105 Å². The van der Waals surface area contributed by atoms with Gasteiger partial charge in [0.25, 0.3) is 0 Å². The lowest BCUT2D eigenvalue weighted by Gasteiger charge is -2.05. The summed E-state index contributed by atoms with van der Waals surface area (Å²) in [6, 6.07) is 11.3. The van der Waals surface area contributed by atoms with Crippen molar-refractivity contribution in [2.45, 2.75) is 0 Å². The first-order valence-electron chi connectivity index (χ1n) is 5.49. The summed E-state index contributed by atoms with van der Waals surface area (Å²) in [5.74, 6) is -0.445. The van der Waals surface area contributed by atoms with Crippen LogP contribution < -0.4 is 0 Å². The molecule has 0 aromatic heterocycles. The van der Waals surface area contributed by atoms with Crippen LogP contribution in [0.3, 0.4) is 0 Å². The molecule has 0 aliphatic carbocycles. The van der Waals surface area contributed by atoms with E-state index in [1.54, 1.807) is 12.1 Å². The van der Waals surface area contributed by atoms with Gasteiger partial charge in [0.05, 0.1) is 7.11 Å². The number of benzene rings is 2. The number of aldehydes is 1. The molecule has 0 heterocycles. The quantitative estimate of drug-likeness (QED) is 0.470. The van der Waals surface area contributed by atoms with Crippen LogP contribution in [0, 0.1) is 0 Å². The Hall–Kier alpha value is -2.42. The van der Waals surface area contributed by atoms with Gasteiger partial charge in [0.2, 0.25) is 0 Å². The standard InChI is InChI=1S/C15H12O3/c1-18-15(17)9-8-14-12(10-16)7-6-11-4-2-3-5-13(11)14/h2-10H,1H3. The van der Waals surface area contributed by atoms with E-state index in [1.165, 1.54) is 13.2 Å². The van der Waals surface area contributed by atoms with Crippen molar-refractivity contribution in [3.8, 4) is 0 Å². The molecule has 2 rings (SSSR count). The average Bonchev–Trinajstić information content (AvgIpc) is 2.44. The average molecular weight is 240 g/mol. The Morgan fingerprint density at radius 2 is 1.94 bits per heavy atom. The molecule has 2 aromatic rings. The molecule has 0 N–H and O–H groups in total. The fourth-order valence-electron chi connectivity index (χ4n) is 1.82. The summed E-state index contributed by atoms with van der Waals surface area (Å²) in [6.45, 7) is 0. The number of fused-ring (bicyclic) bond motifs is 1. The van der Waals surface area contributed by atoms with Gasteiger partial charge in [-0.1, -0.05) is 36.4 Å². The highest BCUT2D eigenvalue weighted by Gasteiger charge is 2.04. The Balaban J connectivity index is 2.61. The smallest absolute Gasteiger partial charge is 0.330 e. The van der Waals surface area contributed by atoms with E-state index in [-0.39, 0.29) is 0 Å². The summed E-state index contributed by atoms with van der Waals surface area (Å²) in [7, 11) is 1.32. The van der Waals surface area contributed by atoms with Crippen LogP contribution in [0.15, 0.2) is 42.5 Å². The predicted molar refractivity (Wildman–Crippen MR) is 70.4 cm³/mol. The van der Waals surface area contributed by atoms with Crippen LogP contribution in [0.4, 0.5) is 0 Å². The van der Waals surface area contributed by atoms with Crippen molar-refractivity contribution in [1.29, 1.82) is 0 Å². The van der Waals surface area contributed by atoms with Crippen LogP contribution in [-0.2, 0) is 9.53 Å². The van der Waals surface area contributed by atoms with Crippen molar-refractivity contribution in [2.75, 3.05) is 7.11 Å². The first-order valence-corrected chi connectivity index (χ1v) is 5.49. The van der Waals surface area contributed by atoms with Gasteiger partial charge in [-0.05, 0) is 22.4 Å². The van der Waals surface area contributed by atoms with Crippen molar-refractivity contribution in [3.05, 3.63) is 53.6 Å². The number of hydrogen-bond acceptors (Lipinski definition) is 3. The molecule has 3 heteroatoms. The van der Waals surface area contributed by atoms with Crippen LogP contribution in [0.25, 0.3) is 16.8 Å². The Kier molecular flexibility index (Phi) is 3.53. The zero-order valence-electron chi connectivity index (χ0n) is 9.92. The van der Waals surface area contributed by atoms with E-state index in [9.17, 15) is 9.59 Å². The van der Waals surface area contributed by atoms with Crippen LogP contribution in [0.1, 0.15) is 15.9 Å². The maximum absolute atomic E-state index is 11.1. The van der Waals surface area contributed by atoms with Gasteiger partial charge < -0.3 is 4.74 Å². The number of methoxy groups -OCH3 is 1. The number of hydrogen-bond donors (Lipinski definition) is 0. The highest BCUT2D eigenvalue weighted by atomic mass is 16.5. The van der Waals surface area contributed by atoms with E-state index in [4.69, 9.17) is 0 Å². The second-order valence-corrected chi connectivity index (χ2v) is 3.76. The summed E-state index contributed by atoms with van der Waals surface area (Å²) in [5, 5.41) is 1.95. The van der Waals surface area contributed by atoms with E-state index < -0.39 is 5.97 Å². The topological polar surface area (TPSA) is 43.4 Å². The molecule has 0 atom stereocenters. The van der Waals surface area contributed by atoms with E-state index in [0.29, 0.717) is 5.56 Å². The third kappa shape index (κ3) is 2.30. The summed E-state index contributed by atoms with van der Waals surface area (Å²) >= 11 is 0. The van der Waals surface area contributed by atoms with Crippen LogP contribution in [0.5, 0.6) is 0 Å². The van der Waals surface area contributed by atoms with E-state index >= 15 is 0 Å². The molecule has 0 aliphatic rings. The number of carbonyl (C=O) groups is 2. The molecule has 0 aliphatic heterocycles. The van der Waals surface area contributed by atoms with Gasteiger partial charge in [-0.2, -0.15) is 0 Å². The number of ether oxygens (including phenoxy) is 1. The second kappa shape index (κ2) is 5.27. The molecule has 0 spiro atoms. The number of esters is 1. The minimum Gasteiger partial charge on any atom is -0.466 e. The predicted octanol–water partition coefficient (Wildman–Crippen LogP) is 2.84. The molecule has 3 nitrogen and oxygen atoms in total. The third-order valence-corrected chi connectivity index (χ3v) is 2.72. The molecule has 0 bridgehead atoms. The zero-order valence-corrected chi connectivity index (χ0v) is 9.92. The number of rotatable bonds is 3. The first-order chi connectivity index (χ1) is 8.76. The van der Waals surface area contributed by atoms with E-state index in [0.717, 1.165) is 22.6 Å². The second-order valence-electron chi connectivity index (χ2n) is 3.76. The summed E-state index contributed by atoms with van der Waals surface area (Å²) in [4.78, 5) is 22.2. The molecular formula is C15H12O3. The fourth-order valence-corrected chi connectivity index (χ4v) is 1.82. The van der Waals surface area contributed by atoms with E-state index in [1.807, 2.05) is 30.3 Å². The molecule has 0 amide bonds.